The van der Waals surface area contributed by atoms with Crippen LogP contribution in [0.1, 0.15) is 34.7 Å². The van der Waals surface area contributed by atoms with Crippen LogP contribution in [-0.2, 0) is 4.79 Å². The van der Waals surface area contributed by atoms with E-state index in [0.29, 0.717) is 24.1 Å². The molecule has 2 aromatic rings. The lowest BCUT2D eigenvalue weighted by atomic mass is 10.1. The van der Waals surface area contributed by atoms with Crippen molar-refractivity contribution in [1.29, 1.82) is 5.26 Å². The van der Waals surface area contributed by atoms with Gasteiger partial charge in [-0.05, 0) is 48.7 Å². The number of nitriles is 1. The fraction of sp³-hybridized carbons (Fsp3) is 0.286. The van der Waals surface area contributed by atoms with E-state index in [2.05, 4.69) is 16.7 Å². The van der Waals surface area contributed by atoms with E-state index >= 15 is 0 Å². The predicted molar refractivity (Wildman–Crippen MR) is 127 cm³/mol. The SMILES string of the molecule is N#CC1(NC(=O)c2cc(NC(=O)C3C(c4cc(Cl)c(Cl)c(Cl)c4)C3(Cl)Cl)ccc2Cl)CC1. The molecule has 0 radical (unpaired) electrons. The molecule has 2 N–H and O–H groups in total. The van der Waals surface area contributed by atoms with E-state index in [1.165, 1.54) is 12.1 Å². The number of anilines is 1. The van der Waals surface area contributed by atoms with Gasteiger partial charge in [-0.2, -0.15) is 5.26 Å². The summed E-state index contributed by atoms with van der Waals surface area (Å²) in [6.07, 6.45) is 1.16. The molecule has 2 fully saturated rings. The summed E-state index contributed by atoms with van der Waals surface area (Å²) >= 11 is 37.1. The number of alkyl halides is 2. The van der Waals surface area contributed by atoms with Crippen LogP contribution in [0.2, 0.25) is 20.1 Å². The van der Waals surface area contributed by atoms with Crippen molar-refractivity contribution in [3.8, 4) is 6.07 Å². The van der Waals surface area contributed by atoms with Crippen LogP contribution in [0.3, 0.4) is 0 Å². The maximum absolute atomic E-state index is 12.9. The topological polar surface area (TPSA) is 82.0 Å². The molecule has 2 unspecified atom stereocenters. The molecular weight excluding hydrogens is 539 g/mol. The highest BCUT2D eigenvalue weighted by molar-refractivity contribution is 6.54. The van der Waals surface area contributed by atoms with Crippen LogP contribution in [0.5, 0.6) is 0 Å². The van der Waals surface area contributed by atoms with Crippen LogP contribution in [0, 0.1) is 17.2 Å². The Morgan fingerprint density at radius 1 is 1.00 bits per heavy atom. The van der Waals surface area contributed by atoms with Crippen LogP contribution >= 0.6 is 69.6 Å². The second-order valence-corrected chi connectivity index (χ2v) is 10.8. The minimum Gasteiger partial charge on any atom is -0.334 e. The number of carbonyl (C=O) groups excluding carboxylic acids is 2. The molecule has 2 aromatic carbocycles. The number of nitrogens with one attached hydrogen (secondary N) is 2. The van der Waals surface area contributed by atoms with Crippen molar-refractivity contribution in [2.24, 2.45) is 5.92 Å². The molecule has 2 saturated carbocycles. The summed E-state index contributed by atoms with van der Waals surface area (Å²) in [6, 6.07) is 9.68. The summed E-state index contributed by atoms with van der Waals surface area (Å²) in [7, 11) is 0. The van der Waals surface area contributed by atoms with Gasteiger partial charge in [0.05, 0.1) is 37.6 Å². The first kappa shape index (κ1) is 23.8. The Morgan fingerprint density at radius 2 is 1.62 bits per heavy atom. The van der Waals surface area contributed by atoms with E-state index < -0.39 is 33.5 Å². The summed E-state index contributed by atoms with van der Waals surface area (Å²) in [5.74, 6) is -2.30. The van der Waals surface area contributed by atoms with E-state index in [1.807, 2.05) is 0 Å². The van der Waals surface area contributed by atoms with Gasteiger partial charge in [0.1, 0.15) is 9.87 Å². The zero-order valence-electron chi connectivity index (χ0n) is 16.0. The molecule has 0 bridgehead atoms. The molecular formula is C21H13Cl6N3O2. The Labute approximate surface area is 213 Å². The highest BCUT2D eigenvalue weighted by Gasteiger charge is 2.67. The van der Waals surface area contributed by atoms with Gasteiger partial charge in [-0.1, -0.05) is 46.4 Å². The molecule has 2 aliphatic carbocycles. The second kappa shape index (κ2) is 8.43. The minimum atomic E-state index is -1.37. The molecule has 4 rings (SSSR count). The Kier molecular flexibility index (Phi) is 6.26. The first-order chi connectivity index (χ1) is 15.0. The summed E-state index contributed by atoms with van der Waals surface area (Å²) in [4.78, 5) is 25.5. The number of benzene rings is 2. The maximum Gasteiger partial charge on any atom is 0.254 e. The molecule has 166 valence electrons. The molecule has 2 atom stereocenters. The molecule has 0 saturated heterocycles. The van der Waals surface area contributed by atoms with Gasteiger partial charge in [0.25, 0.3) is 5.91 Å². The standard InChI is InChI=1S/C21H13Cl6N3O2/c22-12-2-1-10(7-11(12)18(31)30-20(8-28)3-4-20)29-19(32)16-15(21(16,26)27)9-5-13(23)17(25)14(24)6-9/h1-2,5-7,15-16H,3-4H2,(H,29,32)(H,30,31). The lowest BCUT2D eigenvalue weighted by Crippen LogP contribution is -2.35. The minimum absolute atomic E-state index is 0.137. The van der Waals surface area contributed by atoms with Crippen LogP contribution < -0.4 is 10.6 Å². The maximum atomic E-state index is 12.9. The number of rotatable bonds is 5. The van der Waals surface area contributed by atoms with E-state index in [4.69, 9.17) is 69.6 Å². The number of halogens is 6. The third kappa shape index (κ3) is 4.37. The Bertz CT molecular complexity index is 1170. The van der Waals surface area contributed by atoms with Gasteiger partial charge in [0.2, 0.25) is 5.91 Å². The molecule has 0 aliphatic heterocycles. The van der Waals surface area contributed by atoms with E-state index in [9.17, 15) is 14.9 Å². The molecule has 11 heteroatoms. The first-order valence-electron chi connectivity index (χ1n) is 9.35. The monoisotopic (exact) mass is 549 g/mol. The van der Waals surface area contributed by atoms with Gasteiger partial charge in [-0.15, -0.1) is 23.2 Å². The quantitative estimate of drug-likeness (QED) is 0.324. The number of hydrogen-bond acceptors (Lipinski definition) is 3. The van der Waals surface area contributed by atoms with Gasteiger partial charge >= 0.3 is 0 Å². The van der Waals surface area contributed by atoms with Gasteiger partial charge in [-0.3, -0.25) is 9.59 Å². The second-order valence-electron chi connectivity index (χ2n) is 7.76. The average molecular weight is 552 g/mol. The smallest absolute Gasteiger partial charge is 0.254 e. The highest BCUT2D eigenvalue weighted by atomic mass is 35.5. The normalized spacial score (nSPS) is 21.9. The number of hydrogen-bond donors (Lipinski definition) is 2. The Morgan fingerprint density at radius 3 is 2.19 bits per heavy atom. The van der Waals surface area contributed by atoms with E-state index in [-0.39, 0.29) is 25.7 Å². The van der Waals surface area contributed by atoms with Crippen LogP contribution in [-0.4, -0.2) is 21.7 Å². The molecule has 2 amide bonds. The summed E-state index contributed by atoms with van der Waals surface area (Å²) in [6.45, 7) is 0. The lowest BCUT2D eigenvalue weighted by molar-refractivity contribution is -0.117. The van der Waals surface area contributed by atoms with Gasteiger partial charge in [-0.25, -0.2) is 0 Å². The van der Waals surface area contributed by atoms with Crippen LogP contribution in [0.4, 0.5) is 5.69 Å². The fourth-order valence-electron chi connectivity index (χ4n) is 3.49. The summed E-state index contributed by atoms with van der Waals surface area (Å²) in [5, 5.41) is 15.4. The number of amides is 2. The molecule has 0 spiro atoms. The van der Waals surface area contributed by atoms with Crippen molar-refractivity contribution in [1.82, 2.24) is 5.32 Å². The molecule has 2 aliphatic rings. The fourth-order valence-corrected chi connectivity index (χ4v) is 5.14. The van der Waals surface area contributed by atoms with Crippen LogP contribution in [0.25, 0.3) is 0 Å². The van der Waals surface area contributed by atoms with Crippen molar-refractivity contribution < 1.29 is 9.59 Å². The zero-order chi connectivity index (χ0) is 23.4. The number of carbonyl (C=O) groups is 2. The third-order valence-corrected chi connectivity index (χ3v) is 7.96. The largest absolute Gasteiger partial charge is 0.334 e. The zero-order valence-corrected chi connectivity index (χ0v) is 20.5. The van der Waals surface area contributed by atoms with Gasteiger partial charge in [0.15, 0.2) is 0 Å². The first-order valence-corrected chi connectivity index (χ1v) is 11.6. The van der Waals surface area contributed by atoms with Crippen molar-refractivity contribution in [3.05, 3.63) is 61.5 Å². The third-order valence-electron chi connectivity index (χ3n) is 5.50. The van der Waals surface area contributed by atoms with Crippen molar-refractivity contribution in [2.75, 3.05) is 5.32 Å². The summed E-state index contributed by atoms with van der Waals surface area (Å²) < 4.78 is -1.37. The molecule has 5 nitrogen and oxygen atoms in total. The molecule has 0 heterocycles. The van der Waals surface area contributed by atoms with E-state index in [0.717, 1.165) is 0 Å². The Hall–Kier alpha value is -1.39. The van der Waals surface area contributed by atoms with E-state index in [1.54, 1.807) is 18.2 Å². The van der Waals surface area contributed by atoms with Crippen molar-refractivity contribution in [2.45, 2.75) is 28.6 Å². The van der Waals surface area contributed by atoms with Crippen molar-refractivity contribution >= 4 is 87.1 Å². The summed E-state index contributed by atoms with van der Waals surface area (Å²) in [5.41, 5.74) is 0.196. The van der Waals surface area contributed by atoms with Crippen LogP contribution in [0.15, 0.2) is 30.3 Å². The lowest BCUT2D eigenvalue weighted by Gasteiger charge is -2.12. The average Bonchev–Trinajstić information content (AvgIpc) is 3.62. The van der Waals surface area contributed by atoms with Gasteiger partial charge < -0.3 is 10.6 Å². The Balaban J connectivity index is 1.52. The molecule has 32 heavy (non-hydrogen) atoms. The van der Waals surface area contributed by atoms with Crippen molar-refractivity contribution in [3.63, 3.8) is 0 Å². The predicted octanol–water partition coefficient (Wildman–Crippen LogP) is 6.61. The number of nitrogens with zero attached hydrogens (tertiary/aromatic N) is 1. The molecule has 0 aromatic heterocycles. The highest BCUT2D eigenvalue weighted by Crippen LogP contribution is 2.65. The van der Waals surface area contributed by atoms with Gasteiger partial charge in [0, 0.05) is 11.6 Å².